The fraction of sp³-hybridized carbons (Fsp3) is 0. The van der Waals surface area contributed by atoms with Crippen LogP contribution in [0, 0.1) is 10.1 Å². The molecular formula is C21H14ClN5O5. The molecule has 4 rings (SSSR count). The van der Waals surface area contributed by atoms with Crippen LogP contribution >= 0.6 is 11.6 Å². The summed E-state index contributed by atoms with van der Waals surface area (Å²) in [5.41, 5.74) is 3.89. The second kappa shape index (κ2) is 8.36. The lowest BCUT2D eigenvalue weighted by Gasteiger charge is -2.02. The Kier molecular flexibility index (Phi) is 5.44. The summed E-state index contributed by atoms with van der Waals surface area (Å²) in [5, 5.41) is 34.5. The maximum atomic E-state index is 12.4. The van der Waals surface area contributed by atoms with Crippen molar-refractivity contribution in [1.29, 1.82) is 0 Å². The number of nitrogens with zero attached hydrogens (tertiary/aromatic N) is 3. The van der Waals surface area contributed by atoms with Gasteiger partial charge in [0.05, 0.1) is 27.2 Å². The van der Waals surface area contributed by atoms with Gasteiger partial charge in [-0.15, -0.1) is 0 Å². The standard InChI is InChI=1S/C21H14ClN5O5/c22-14-4-2-1-3-13(14)20-24-15-6-5-11(7-16(15)25-20)21(30)26-23-10-12-8-17(27(31)32)19(29)9-18(12)28/h1-10,28-29H,(H,24,25)(H,26,30)/b23-10+. The van der Waals surface area contributed by atoms with Crippen molar-refractivity contribution in [3.63, 3.8) is 0 Å². The van der Waals surface area contributed by atoms with Gasteiger partial charge in [0, 0.05) is 28.8 Å². The number of hydrazone groups is 1. The highest BCUT2D eigenvalue weighted by atomic mass is 35.5. The number of H-pyrrole nitrogens is 1. The van der Waals surface area contributed by atoms with Gasteiger partial charge in [-0.3, -0.25) is 14.9 Å². The Morgan fingerprint density at radius 2 is 1.94 bits per heavy atom. The third kappa shape index (κ3) is 4.07. The van der Waals surface area contributed by atoms with Crippen LogP contribution in [0.1, 0.15) is 15.9 Å². The van der Waals surface area contributed by atoms with Crippen molar-refractivity contribution in [2.24, 2.45) is 5.10 Å². The van der Waals surface area contributed by atoms with E-state index in [9.17, 15) is 25.1 Å². The van der Waals surface area contributed by atoms with E-state index in [0.717, 1.165) is 23.9 Å². The minimum absolute atomic E-state index is 0.0526. The fourth-order valence-electron chi connectivity index (χ4n) is 2.99. The van der Waals surface area contributed by atoms with Crippen LogP contribution in [0.25, 0.3) is 22.4 Å². The minimum Gasteiger partial charge on any atom is -0.507 e. The summed E-state index contributed by atoms with van der Waals surface area (Å²) in [6, 6.07) is 13.8. The summed E-state index contributed by atoms with van der Waals surface area (Å²) < 4.78 is 0. The van der Waals surface area contributed by atoms with Gasteiger partial charge < -0.3 is 15.2 Å². The number of fused-ring (bicyclic) bond motifs is 1. The molecule has 0 fully saturated rings. The number of imidazole rings is 1. The second-order valence-corrected chi connectivity index (χ2v) is 7.06. The van der Waals surface area contributed by atoms with E-state index in [4.69, 9.17) is 11.6 Å². The Bertz CT molecular complexity index is 1400. The first kappa shape index (κ1) is 20.8. The molecule has 10 nitrogen and oxygen atoms in total. The summed E-state index contributed by atoms with van der Waals surface area (Å²) in [6.07, 6.45) is 1.03. The van der Waals surface area contributed by atoms with Crippen LogP contribution in [0.3, 0.4) is 0 Å². The second-order valence-electron chi connectivity index (χ2n) is 6.65. The van der Waals surface area contributed by atoms with Crippen LogP contribution < -0.4 is 5.43 Å². The molecular weight excluding hydrogens is 438 g/mol. The lowest BCUT2D eigenvalue weighted by Crippen LogP contribution is -2.17. The van der Waals surface area contributed by atoms with Gasteiger partial charge in [-0.1, -0.05) is 23.7 Å². The molecule has 3 aromatic carbocycles. The molecule has 1 aromatic heterocycles. The number of aromatic amines is 1. The molecule has 0 radical (unpaired) electrons. The number of hydrogen-bond donors (Lipinski definition) is 4. The van der Waals surface area contributed by atoms with Gasteiger partial charge in [-0.05, 0) is 30.3 Å². The lowest BCUT2D eigenvalue weighted by atomic mass is 10.2. The Balaban J connectivity index is 1.54. The van der Waals surface area contributed by atoms with Gasteiger partial charge in [0.2, 0.25) is 0 Å². The molecule has 1 amide bonds. The number of nitro groups is 1. The molecule has 11 heteroatoms. The quantitative estimate of drug-likeness (QED) is 0.204. The van der Waals surface area contributed by atoms with Gasteiger partial charge >= 0.3 is 5.69 Å². The van der Waals surface area contributed by atoms with Crippen molar-refractivity contribution < 1.29 is 19.9 Å². The van der Waals surface area contributed by atoms with Gasteiger partial charge in [0.15, 0.2) is 5.75 Å². The molecule has 4 aromatic rings. The van der Waals surface area contributed by atoms with Crippen LogP contribution in [0.5, 0.6) is 11.5 Å². The topological polar surface area (TPSA) is 154 Å². The number of aromatic hydroxyl groups is 2. The number of nitro benzene ring substituents is 1. The Hall–Kier alpha value is -4.44. The predicted octanol–water partition coefficient (Wildman–Crippen LogP) is 3.97. The minimum atomic E-state index is -0.804. The summed E-state index contributed by atoms with van der Waals surface area (Å²) in [6.45, 7) is 0. The molecule has 0 unspecified atom stereocenters. The molecule has 4 N–H and O–H groups in total. The summed E-state index contributed by atoms with van der Waals surface area (Å²) in [5.74, 6) is -1.11. The highest BCUT2D eigenvalue weighted by Crippen LogP contribution is 2.32. The molecule has 32 heavy (non-hydrogen) atoms. The largest absolute Gasteiger partial charge is 0.507 e. The number of carbonyl (C=O) groups is 1. The lowest BCUT2D eigenvalue weighted by molar-refractivity contribution is -0.385. The average Bonchev–Trinajstić information content (AvgIpc) is 3.18. The van der Waals surface area contributed by atoms with E-state index in [-0.39, 0.29) is 11.1 Å². The van der Waals surface area contributed by atoms with Crippen molar-refractivity contribution in [2.45, 2.75) is 0 Å². The molecule has 160 valence electrons. The molecule has 0 spiro atoms. The van der Waals surface area contributed by atoms with Crippen LogP contribution in [0.4, 0.5) is 5.69 Å². The number of phenols is 2. The van der Waals surface area contributed by atoms with Crippen LogP contribution in [-0.2, 0) is 0 Å². The maximum absolute atomic E-state index is 12.4. The normalized spacial score (nSPS) is 11.2. The van der Waals surface area contributed by atoms with E-state index in [2.05, 4.69) is 20.5 Å². The smallest absolute Gasteiger partial charge is 0.311 e. The highest BCUT2D eigenvalue weighted by molar-refractivity contribution is 6.33. The predicted molar refractivity (Wildman–Crippen MR) is 118 cm³/mol. The molecule has 1 heterocycles. The fourth-order valence-corrected chi connectivity index (χ4v) is 3.21. The zero-order chi connectivity index (χ0) is 22.8. The van der Waals surface area contributed by atoms with Crippen molar-refractivity contribution in [2.75, 3.05) is 0 Å². The Morgan fingerprint density at radius 1 is 1.16 bits per heavy atom. The molecule has 0 aliphatic carbocycles. The number of phenolic OH excluding ortho intramolecular Hbond substituents is 2. The van der Waals surface area contributed by atoms with Crippen molar-refractivity contribution in [3.05, 3.63) is 80.9 Å². The molecule has 0 bridgehead atoms. The molecule has 0 aliphatic rings. The van der Waals surface area contributed by atoms with E-state index in [0.29, 0.717) is 21.9 Å². The molecule has 0 saturated carbocycles. The molecule has 0 saturated heterocycles. The van der Waals surface area contributed by atoms with E-state index >= 15 is 0 Å². The van der Waals surface area contributed by atoms with E-state index in [1.165, 1.54) is 0 Å². The van der Waals surface area contributed by atoms with E-state index in [1.54, 1.807) is 24.3 Å². The van der Waals surface area contributed by atoms with Crippen molar-refractivity contribution in [3.8, 4) is 22.9 Å². The SMILES string of the molecule is O=C(N/N=C/c1cc([N+](=O)[O-])c(O)cc1O)c1ccc2nc(-c3ccccc3Cl)[nH]c2c1. The first-order valence-electron chi connectivity index (χ1n) is 9.12. The number of amides is 1. The first-order valence-corrected chi connectivity index (χ1v) is 9.49. The third-order valence-corrected chi connectivity index (χ3v) is 4.89. The van der Waals surface area contributed by atoms with Crippen LogP contribution in [0.2, 0.25) is 5.02 Å². The highest BCUT2D eigenvalue weighted by Gasteiger charge is 2.17. The third-order valence-electron chi connectivity index (χ3n) is 4.56. The zero-order valence-corrected chi connectivity index (χ0v) is 16.9. The number of rotatable bonds is 5. The average molecular weight is 452 g/mol. The first-order chi connectivity index (χ1) is 15.3. The number of aromatic nitrogens is 2. The summed E-state index contributed by atoms with van der Waals surface area (Å²) in [4.78, 5) is 30.1. The van der Waals surface area contributed by atoms with Crippen molar-refractivity contribution in [1.82, 2.24) is 15.4 Å². The van der Waals surface area contributed by atoms with Gasteiger partial charge in [-0.25, -0.2) is 10.4 Å². The summed E-state index contributed by atoms with van der Waals surface area (Å²) in [7, 11) is 0. The van der Waals surface area contributed by atoms with E-state index in [1.807, 2.05) is 18.2 Å². The number of hydrogen-bond acceptors (Lipinski definition) is 7. The zero-order valence-electron chi connectivity index (χ0n) is 16.1. The monoisotopic (exact) mass is 451 g/mol. The van der Waals surface area contributed by atoms with Gasteiger partial charge in [0.25, 0.3) is 5.91 Å². The van der Waals surface area contributed by atoms with Crippen molar-refractivity contribution >= 4 is 40.4 Å². The number of nitrogens with one attached hydrogen (secondary N) is 2. The van der Waals surface area contributed by atoms with Gasteiger partial charge in [0.1, 0.15) is 11.6 Å². The number of benzene rings is 3. The van der Waals surface area contributed by atoms with E-state index < -0.39 is 28.0 Å². The number of carbonyl (C=O) groups excluding carboxylic acids is 1. The number of halogens is 1. The van der Waals surface area contributed by atoms with Crippen LogP contribution in [-0.4, -0.2) is 37.2 Å². The Morgan fingerprint density at radius 3 is 2.69 bits per heavy atom. The van der Waals surface area contributed by atoms with Gasteiger partial charge in [-0.2, -0.15) is 5.10 Å². The summed E-state index contributed by atoms with van der Waals surface area (Å²) >= 11 is 6.21. The molecule has 0 aliphatic heterocycles. The Labute approximate surface area is 185 Å². The molecule has 0 atom stereocenters. The van der Waals surface area contributed by atoms with Crippen LogP contribution in [0.15, 0.2) is 59.7 Å². The maximum Gasteiger partial charge on any atom is 0.311 e.